The highest BCUT2D eigenvalue weighted by Gasteiger charge is 2.28. The summed E-state index contributed by atoms with van der Waals surface area (Å²) in [6.45, 7) is 2.54. The molecule has 1 heterocycles. The number of rotatable bonds is 6. The second-order valence-corrected chi connectivity index (χ2v) is 4.87. The quantitative estimate of drug-likeness (QED) is 0.674. The molecule has 7 heteroatoms. The fourth-order valence-corrected chi connectivity index (χ4v) is 2.31. The Hall–Kier alpha value is -0.460. The van der Waals surface area contributed by atoms with Crippen LogP contribution in [-0.4, -0.2) is 35.5 Å². The molecule has 0 bridgehead atoms. The van der Waals surface area contributed by atoms with Crippen molar-refractivity contribution in [2.24, 2.45) is 5.73 Å². The molecule has 4 N–H and O–H groups in total. The molecule has 1 aliphatic heterocycles. The van der Waals surface area contributed by atoms with Crippen LogP contribution in [0.1, 0.15) is 26.2 Å². The minimum absolute atomic E-state index is 0. The van der Waals surface area contributed by atoms with Crippen molar-refractivity contribution in [3.63, 3.8) is 0 Å². The SMILES string of the molecule is CCCCC(CN)NC(=O)[C@@H]1CSC(=O)N1.Cl. The third-order valence-corrected chi connectivity index (χ3v) is 3.41. The molecule has 1 fully saturated rings. The van der Waals surface area contributed by atoms with Gasteiger partial charge in [0.2, 0.25) is 5.91 Å². The summed E-state index contributed by atoms with van der Waals surface area (Å²) in [5.41, 5.74) is 5.58. The molecule has 0 aliphatic carbocycles. The van der Waals surface area contributed by atoms with Crippen molar-refractivity contribution < 1.29 is 9.59 Å². The summed E-state index contributed by atoms with van der Waals surface area (Å²) in [6, 6.07) is -0.372. The van der Waals surface area contributed by atoms with Gasteiger partial charge < -0.3 is 16.4 Å². The van der Waals surface area contributed by atoms with Crippen LogP contribution in [0.5, 0.6) is 0 Å². The Labute approximate surface area is 112 Å². The van der Waals surface area contributed by atoms with Crippen molar-refractivity contribution in [3.8, 4) is 0 Å². The highest BCUT2D eigenvalue weighted by atomic mass is 35.5. The molecule has 1 saturated heterocycles. The first-order valence-electron chi connectivity index (χ1n) is 5.61. The van der Waals surface area contributed by atoms with Crippen molar-refractivity contribution in [1.29, 1.82) is 0 Å². The van der Waals surface area contributed by atoms with Crippen molar-refractivity contribution in [2.75, 3.05) is 12.3 Å². The van der Waals surface area contributed by atoms with Crippen LogP contribution in [0.4, 0.5) is 4.79 Å². The van der Waals surface area contributed by atoms with Gasteiger partial charge in [0.15, 0.2) is 0 Å². The number of thioether (sulfide) groups is 1. The van der Waals surface area contributed by atoms with Gasteiger partial charge >= 0.3 is 0 Å². The van der Waals surface area contributed by atoms with E-state index in [1.807, 2.05) is 0 Å². The van der Waals surface area contributed by atoms with Crippen LogP contribution < -0.4 is 16.4 Å². The number of amides is 2. The van der Waals surface area contributed by atoms with E-state index >= 15 is 0 Å². The fraction of sp³-hybridized carbons (Fsp3) is 0.800. The van der Waals surface area contributed by atoms with Gasteiger partial charge in [-0.05, 0) is 6.42 Å². The maximum atomic E-state index is 11.7. The fourth-order valence-electron chi connectivity index (χ4n) is 1.53. The van der Waals surface area contributed by atoms with E-state index in [1.165, 1.54) is 0 Å². The molecular weight excluding hydrogens is 262 g/mol. The number of nitrogens with two attached hydrogens (primary N) is 1. The van der Waals surface area contributed by atoms with Crippen LogP contribution in [0, 0.1) is 0 Å². The molecule has 1 aliphatic rings. The van der Waals surface area contributed by atoms with Crippen molar-refractivity contribution in [3.05, 3.63) is 0 Å². The molecule has 2 amide bonds. The average Bonchev–Trinajstić information content (AvgIpc) is 2.70. The van der Waals surface area contributed by atoms with Crippen LogP contribution in [0.25, 0.3) is 0 Å². The second kappa shape index (κ2) is 8.60. The maximum Gasteiger partial charge on any atom is 0.279 e. The van der Waals surface area contributed by atoms with Crippen LogP contribution in [0.3, 0.4) is 0 Å². The lowest BCUT2D eigenvalue weighted by Gasteiger charge is -2.18. The van der Waals surface area contributed by atoms with Crippen molar-refractivity contribution in [2.45, 2.75) is 38.3 Å². The zero-order valence-electron chi connectivity index (χ0n) is 9.90. The van der Waals surface area contributed by atoms with Gasteiger partial charge in [0, 0.05) is 18.3 Å². The van der Waals surface area contributed by atoms with E-state index < -0.39 is 6.04 Å². The molecule has 0 radical (unpaired) electrons. The molecule has 0 saturated carbocycles. The molecule has 100 valence electrons. The first-order valence-corrected chi connectivity index (χ1v) is 6.59. The van der Waals surface area contributed by atoms with E-state index in [4.69, 9.17) is 5.73 Å². The molecule has 0 aromatic heterocycles. The monoisotopic (exact) mass is 281 g/mol. The Morgan fingerprint density at radius 1 is 1.71 bits per heavy atom. The number of hydrogen-bond donors (Lipinski definition) is 3. The zero-order chi connectivity index (χ0) is 12.0. The lowest BCUT2D eigenvalue weighted by molar-refractivity contribution is -0.123. The summed E-state index contributed by atoms with van der Waals surface area (Å²) in [5.74, 6) is 0.389. The van der Waals surface area contributed by atoms with Gasteiger partial charge in [-0.3, -0.25) is 9.59 Å². The first kappa shape index (κ1) is 16.5. The van der Waals surface area contributed by atoms with E-state index in [0.29, 0.717) is 12.3 Å². The minimum atomic E-state index is -0.395. The topological polar surface area (TPSA) is 84.2 Å². The number of halogens is 1. The number of carbonyl (C=O) groups excluding carboxylic acids is 2. The predicted octanol–water partition coefficient (Wildman–Crippen LogP) is 0.867. The lowest BCUT2D eigenvalue weighted by Crippen LogP contribution is -2.49. The standard InChI is InChI=1S/C10H19N3O2S.ClH/c1-2-3-4-7(5-11)12-9(14)8-6-16-10(15)13-8;/h7-8H,2-6,11H2,1H3,(H,12,14)(H,13,15);1H/t7?,8-;/m0./s1. The highest BCUT2D eigenvalue weighted by molar-refractivity contribution is 8.14. The Bertz CT molecular complexity index is 266. The van der Waals surface area contributed by atoms with Gasteiger partial charge in [0.25, 0.3) is 5.24 Å². The van der Waals surface area contributed by atoms with Gasteiger partial charge in [0.05, 0.1) is 0 Å². The highest BCUT2D eigenvalue weighted by Crippen LogP contribution is 2.13. The summed E-state index contributed by atoms with van der Waals surface area (Å²) in [4.78, 5) is 22.7. The molecule has 0 spiro atoms. The minimum Gasteiger partial charge on any atom is -0.350 e. The molecular formula is C10H20ClN3O2S. The summed E-state index contributed by atoms with van der Waals surface area (Å²) in [7, 11) is 0. The summed E-state index contributed by atoms with van der Waals surface area (Å²) in [6.07, 6.45) is 3.03. The number of unbranched alkanes of at least 4 members (excludes halogenated alkanes) is 1. The normalized spacial score (nSPS) is 20.4. The molecule has 1 rings (SSSR count). The molecule has 17 heavy (non-hydrogen) atoms. The van der Waals surface area contributed by atoms with Gasteiger partial charge in [-0.1, -0.05) is 31.5 Å². The Morgan fingerprint density at radius 3 is 2.88 bits per heavy atom. The smallest absolute Gasteiger partial charge is 0.279 e. The molecule has 0 aromatic rings. The number of carbonyl (C=O) groups is 2. The average molecular weight is 282 g/mol. The van der Waals surface area contributed by atoms with Crippen molar-refractivity contribution >= 4 is 35.3 Å². The molecule has 2 atom stereocenters. The lowest BCUT2D eigenvalue weighted by atomic mass is 10.1. The zero-order valence-corrected chi connectivity index (χ0v) is 11.5. The van der Waals surface area contributed by atoms with E-state index in [1.54, 1.807) is 0 Å². The van der Waals surface area contributed by atoms with Gasteiger partial charge in [-0.15, -0.1) is 12.4 Å². The van der Waals surface area contributed by atoms with E-state index in [0.717, 1.165) is 31.0 Å². The maximum absolute atomic E-state index is 11.7. The van der Waals surface area contributed by atoms with Crippen LogP contribution >= 0.6 is 24.2 Å². The molecule has 5 nitrogen and oxygen atoms in total. The first-order chi connectivity index (χ1) is 7.67. The van der Waals surface area contributed by atoms with E-state index in [-0.39, 0.29) is 29.6 Å². The van der Waals surface area contributed by atoms with Crippen LogP contribution in [-0.2, 0) is 4.79 Å². The molecule has 1 unspecified atom stereocenters. The van der Waals surface area contributed by atoms with Gasteiger partial charge in [0.1, 0.15) is 6.04 Å². The number of nitrogens with one attached hydrogen (secondary N) is 2. The summed E-state index contributed by atoms with van der Waals surface area (Å²) in [5, 5.41) is 5.36. The van der Waals surface area contributed by atoms with Crippen molar-refractivity contribution in [1.82, 2.24) is 10.6 Å². The molecule has 0 aromatic carbocycles. The van der Waals surface area contributed by atoms with Crippen LogP contribution in [0.2, 0.25) is 0 Å². The van der Waals surface area contributed by atoms with E-state index in [2.05, 4.69) is 17.6 Å². The predicted molar refractivity (Wildman–Crippen MR) is 72.5 cm³/mol. The van der Waals surface area contributed by atoms with Crippen LogP contribution in [0.15, 0.2) is 0 Å². The van der Waals surface area contributed by atoms with Gasteiger partial charge in [-0.25, -0.2) is 0 Å². The second-order valence-electron chi connectivity index (χ2n) is 3.88. The van der Waals surface area contributed by atoms with E-state index in [9.17, 15) is 9.59 Å². The third kappa shape index (κ3) is 5.61. The third-order valence-electron chi connectivity index (χ3n) is 2.53. The summed E-state index contributed by atoms with van der Waals surface area (Å²) < 4.78 is 0. The van der Waals surface area contributed by atoms with Gasteiger partial charge in [-0.2, -0.15) is 0 Å². The Balaban J connectivity index is 0.00000256. The number of hydrogen-bond acceptors (Lipinski definition) is 4. The largest absolute Gasteiger partial charge is 0.350 e. The summed E-state index contributed by atoms with van der Waals surface area (Å²) >= 11 is 1.14. The Morgan fingerprint density at radius 2 is 2.41 bits per heavy atom. The Kier molecular flexibility index (Phi) is 8.37.